The maximum atomic E-state index is 11.9. The molecule has 0 saturated heterocycles. The molecule has 0 radical (unpaired) electrons. The van der Waals surface area contributed by atoms with Crippen LogP contribution in [-0.4, -0.2) is 66.8 Å². The molecule has 0 aliphatic heterocycles. The zero-order valence-electron chi connectivity index (χ0n) is 22.3. The van der Waals surface area contributed by atoms with Gasteiger partial charge >= 0.3 is 0 Å². The van der Waals surface area contributed by atoms with Crippen molar-refractivity contribution in [3.8, 4) is 0 Å². The molecular formula is C29H44O6. The van der Waals surface area contributed by atoms with Gasteiger partial charge < -0.3 is 30.6 Å². The molecule has 0 aliphatic carbocycles. The Morgan fingerprint density at radius 1 is 0.714 bits per heavy atom. The first-order valence-electron chi connectivity index (χ1n) is 12.4. The van der Waals surface area contributed by atoms with E-state index >= 15 is 0 Å². The lowest BCUT2D eigenvalue weighted by molar-refractivity contribution is -0.230. The fourth-order valence-electron chi connectivity index (χ4n) is 5.06. The van der Waals surface area contributed by atoms with Crippen molar-refractivity contribution in [2.75, 3.05) is 6.61 Å². The highest BCUT2D eigenvalue weighted by atomic mass is 16.4. The van der Waals surface area contributed by atoms with Gasteiger partial charge in [-0.2, -0.15) is 0 Å². The highest BCUT2D eigenvalue weighted by Crippen LogP contribution is 2.37. The average Bonchev–Trinajstić information content (AvgIpc) is 2.83. The highest BCUT2D eigenvalue weighted by molar-refractivity contribution is 5.41. The van der Waals surface area contributed by atoms with E-state index < -0.39 is 36.1 Å². The molecule has 6 heteroatoms. The van der Waals surface area contributed by atoms with Gasteiger partial charge in [-0.1, -0.05) is 37.6 Å². The molecule has 0 amide bonds. The van der Waals surface area contributed by atoms with Crippen LogP contribution < -0.4 is 0 Å². The van der Waals surface area contributed by atoms with Gasteiger partial charge in [-0.05, 0) is 92.5 Å². The predicted octanol–water partition coefficient (Wildman–Crippen LogP) is 2.66. The molecule has 35 heavy (non-hydrogen) atoms. The van der Waals surface area contributed by atoms with Gasteiger partial charge in [0.25, 0.3) is 0 Å². The molecule has 196 valence electrons. The Bertz CT molecular complexity index is 1020. The minimum absolute atomic E-state index is 0.0606. The first kappa shape index (κ1) is 29.4. The Kier molecular flexibility index (Phi) is 9.67. The van der Waals surface area contributed by atoms with Gasteiger partial charge in [0.15, 0.2) is 0 Å². The van der Waals surface area contributed by atoms with Gasteiger partial charge in [0.05, 0.1) is 12.2 Å². The second-order valence-corrected chi connectivity index (χ2v) is 10.4. The van der Waals surface area contributed by atoms with E-state index in [0.29, 0.717) is 12.0 Å². The van der Waals surface area contributed by atoms with Gasteiger partial charge in [0.1, 0.15) is 23.9 Å². The summed E-state index contributed by atoms with van der Waals surface area (Å²) in [5.41, 5.74) is 3.59. The molecule has 0 saturated carbocycles. The largest absolute Gasteiger partial charge is 0.394 e. The van der Waals surface area contributed by atoms with Crippen molar-refractivity contribution in [2.24, 2.45) is 0 Å². The molecule has 2 aromatic rings. The molecule has 0 fully saturated rings. The van der Waals surface area contributed by atoms with Crippen molar-refractivity contribution in [2.45, 2.75) is 104 Å². The summed E-state index contributed by atoms with van der Waals surface area (Å²) in [6, 6.07) is 7.59. The molecule has 2 aromatic carbocycles. The third-order valence-electron chi connectivity index (χ3n) is 8.04. The molecule has 0 aliphatic rings. The normalized spacial score (nSPS) is 18.0. The quantitative estimate of drug-likeness (QED) is 0.289. The molecule has 2 rings (SSSR count). The van der Waals surface area contributed by atoms with Crippen LogP contribution in [0.15, 0.2) is 24.3 Å². The summed E-state index contributed by atoms with van der Waals surface area (Å²) >= 11 is 0. The van der Waals surface area contributed by atoms with Crippen molar-refractivity contribution in [3.05, 3.63) is 68.8 Å². The van der Waals surface area contributed by atoms with E-state index in [9.17, 15) is 30.6 Å². The van der Waals surface area contributed by atoms with Crippen LogP contribution in [0.5, 0.6) is 0 Å². The lowest BCUT2D eigenvalue weighted by atomic mass is 9.70. The number of aliphatic hydroxyl groups excluding tert-OH is 4. The van der Waals surface area contributed by atoms with E-state index in [1.807, 2.05) is 72.7 Å². The summed E-state index contributed by atoms with van der Waals surface area (Å²) in [5, 5.41) is 66.1. The number of aryl methyl sites for hydroxylation is 2. The summed E-state index contributed by atoms with van der Waals surface area (Å²) in [5.74, 6) is 0. The smallest absolute Gasteiger partial charge is 0.126 e. The van der Waals surface area contributed by atoms with Gasteiger partial charge in [-0.3, -0.25) is 0 Å². The summed E-state index contributed by atoms with van der Waals surface area (Å²) < 4.78 is 0. The first-order valence-corrected chi connectivity index (χ1v) is 12.4. The average molecular weight is 489 g/mol. The Morgan fingerprint density at radius 2 is 1.17 bits per heavy atom. The highest BCUT2D eigenvalue weighted by Gasteiger charge is 2.54. The number of rotatable bonds is 11. The third kappa shape index (κ3) is 5.96. The van der Waals surface area contributed by atoms with E-state index in [0.717, 1.165) is 38.9 Å². The van der Waals surface area contributed by atoms with Gasteiger partial charge in [-0.25, -0.2) is 0 Å². The summed E-state index contributed by atoms with van der Waals surface area (Å²) in [6.45, 7) is 12.9. The molecule has 1 unspecified atom stereocenters. The minimum atomic E-state index is -2.33. The monoisotopic (exact) mass is 488 g/mol. The number of hydrogen-bond acceptors (Lipinski definition) is 6. The molecule has 0 aromatic heterocycles. The van der Waals surface area contributed by atoms with Crippen LogP contribution in [0.3, 0.4) is 0 Å². The topological polar surface area (TPSA) is 121 Å². The maximum Gasteiger partial charge on any atom is 0.126 e. The van der Waals surface area contributed by atoms with E-state index in [1.165, 1.54) is 0 Å². The van der Waals surface area contributed by atoms with Crippen molar-refractivity contribution in [3.63, 3.8) is 0 Å². The molecule has 5 atom stereocenters. The van der Waals surface area contributed by atoms with Crippen molar-refractivity contribution < 1.29 is 30.6 Å². The Morgan fingerprint density at radius 3 is 1.60 bits per heavy atom. The molecule has 0 spiro atoms. The van der Waals surface area contributed by atoms with Crippen LogP contribution in [-0.2, 0) is 12.8 Å². The first-order chi connectivity index (χ1) is 16.2. The Balaban J connectivity index is 2.61. The zero-order valence-corrected chi connectivity index (χ0v) is 22.3. The summed E-state index contributed by atoms with van der Waals surface area (Å²) in [7, 11) is 0. The second kappa shape index (κ2) is 11.5. The van der Waals surface area contributed by atoms with Crippen LogP contribution in [0.1, 0.15) is 64.3 Å². The molecule has 6 N–H and O–H groups in total. The van der Waals surface area contributed by atoms with Crippen LogP contribution in [0.25, 0.3) is 0 Å². The van der Waals surface area contributed by atoms with E-state index in [4.69, 9.17) is 0 Å². The van der Waals surface area contributed by atoms with Crippen molar-refractivity contribution in [1.29, 1.82) is 0 Å². The van der Waals surface area contributed by atoms with Crippen LogP contribution in [0, 0.1) is 41.5 Å². The second-order valence-electron chi connectivity index (χ2n) is 10.4. The van der Waals surface area contributed by atoms with E-state index in [1.54, 1.807) is 0 Å². The lowest BCUT2D eigenvalue weighted by Gasteiger charge is -2.46. The Labute approximate surface area is 209 Å². The van der Waals surface area contributed by atoms with E-state index in [2.05, 4.69) is 0 Å². The van der Waals surface area contributed by atoms with Crippen molar-refractivity contribution in [1.82, 2.24) is 0 Å². The van der Waals surface area contributed by atoms with E-state index in [-0.39, 0.29) is 19.3 Å². The molecule has 0 heterocycles. The van der Waals surface area contributed by atoms with Crippen LogP contribution in [0.4, 0.5) is 0 Å². The summed E-state index contributed by atoms with van der Waals surface area (Å²) in [6.07, 6.45) is -4.87. The van der Waals surface area contributed by atoms with Gasteiger partial charge in [0.2, 0.25) is 0 Å². The fraction of sp³-hybridized carbons (Fsp3) is 0.586. The predicted molar refractivity (Wildman–Crippen MR) is 139 cm³/mol. The van der Waals surface area contributed by atoms with Crippen molar-refractivity contribution >= 4 is 0 Å². The number of hydrogen-bond donors (Lipinski definition) is 6. The number of aliphatic hydroxyl groups is 6. The van der Waals surface area contributed by atoms with Gasteiger partial charge in [0, 0.05) is 12.8 Å². The van der Waals surface area contributed by atoms with Gasteiger partial charge in [-0.15, -0.1) is 0 Å². The fourth-order valence-corrected chi connectivity index (χ4v) is 5.06. The van der Waals surface area contributed by atoms with Crippen LogP contribution >= 0.6 is 0 Å². The number of benzene rings is 2. The molecule has 0 bridgehead atoms. The maximum absolute atomic E-state index is 11.9. The third-order valence-corrected chi connectivity index (χ3v) is 8.04. The SMILES string of the molecule is CCCC(O)(Cc1ccc(C)c(C)c1C)[C@@H](O)[C@@](O)(Cc1ccc(C)c(C)c1C)[C@H](O)[C@@H](O)CO. The standard InChI is InChI=1S/C29H44O6/c1-8-13-28(34,14-23-11-9-17(2)19(4)21(23)6)27(33)29(35,26(32)25(31)16-30)15-24-12-10-18(3)20(5)22(24)7/h9-12,25-27,30-35H,8,13-16H2,1-7H3/t25-,26+,27+,28?,29+/m0/s1. The minimum Gasteiger partial charge on any atom is -0.394 e. The molecular weight excluding hydrogens is 444 g/mol. The summed E-state index contributed by atoms with van der Waals surface area (Å²) in [4.78, 5) is 0. The Hall–Kier alpha value is -1.80. The zero-order chi connectivity index (χ0) is 26.7. The van der Waals surface area contributed by atoms with Crippen LogP contribution in [0.2, 0.25) is 0 Å². The molecule has 6 nitrogen and oxygen atoms in total. The lowest BCUT2D eigenvalue weighted by Crippen LogP contribution is -2.66.